The van der Waals surface area contributed by atoms with Crippen LogP contribution in [0.4, 0.5) is 0 Å². The van der Waals surface area contributed by atoms with Crippen LogP contribution in [0.5, 0.6) is 0 Å². The number of nitrogens with one attached hydrogen (secondary N) is 1. The number of hydrogen-bond acceptors (Lipinski definition) is 2. The van der Waals surface area contributed by atoms with E-state index in [1.54, 1.807) is 6.92 Å². The minimum absolute atomic E-state index is 0.105. The number of aromatic amines is 1. The zero-order chi connectivity index (χ0) is 15.8. The van der Waals surface area contributed by atoms with Crippen LogP contribution in [0.25, 0.3) is 5.69 Å². The third-order valence-electron chi connectivity index (χ3n) is 3.33. The molecule has 0 amide bonds. The molecule has 4 heteroatoms. The van der Waals surface area contributed by atoms with Crippen molar-refractivity contribution in [1.29, 1.82) is 0 Å². The molecule has 0 aliphatic heterocycles. The van der Waals surface area contributed by atoms with Gasteiger partial charge in [-0.25, -0.2) is 4.68 Å². The largest absolute Gasteiger partial charge is 0.295 e. The number of hydrogen-bond donors (Lipinski definition) is 1. The molecule has 0 saturated carbocycles. The van der Waals surface area contributed by atoms with Crippen LogP contribution in [0.15, 0.2) is 29.1 Å². The van der Waals surface area contributed by atoms with Gasteiger partial charge in [-0.15, -0.1) is 0 Å². The minimum atomic E-state index is -0.273. The lowest BCUT2D eigenvalue weighted by Crippen LogP contribution is -2.23. The Morgan fingerprint density at radius 2 is 1.71 bits per heavy atom. The Morgan fingerprint density at radius 1 is 1.14 bits per heavy atom. The number of ketones is 1. The van der Waals surface area contributed by atoms with Gasteiger partial charge in [0.1, 0.15) is 5.56 Å². The summed E-state index contributed by atoms with van der Waals surface area (Å²) in [6.07, 6.45) is 0.356. The Labute approximate surface area is 124 Å². The molecule has 112 valence electrons. The van der Waals surface area contributed by atoms with Crippen LogP contribution in [0.3, 0.4) is 0 Å². The Kier molecular flexibility index (Phi) is 3.90. The summed E-state index contributed by atoms with van der Waals surface area (Å²) in [5.74, 6) is -0.105. The number of rotatable bonds is 3. The van der Waals surface area contributed by atoms with E-state index in [-0.39, 0.29) is 22.3 Å². The van der Waals surface area contributed by atoms with Crippen LogP contribution < -0.4 is 5.56 Å². The predicted octanol–water partition coefficient (Wildman–Crippen LogP) is 3.40. The van der Waals surface area contributed by atoms with Crippen molar-refractivity contribution < 1.29 is 4.79 Å². The van der Waals surface area contributed by atoms with Gasteiger partial charge in [0.2, 0.25) is 0 Å². The highest BCUT2D eigenvalue weighted by atomic mass is 16.2. The first-order valence-electron chi connectivity index (χ1n) is 7.11. The van der Waals surface area contributed by atoms with Gasteiger partial charge in [-0.1, -0.05) is 38.5 Å². The molecule has 0 radical (unpaired) electrons. The molecular formula is C17H22N2O2. The van der Waals surface area contributed by atoms with Crippen molar-refractivity contribution in [2.45, 2.75) is 41.0 Å². The zero-order valence-corrected chi connectivity index (χ0v) is 13.3. The topological polar surface area (TPSA) is 54.9 Å². The molecule has 2 rings (SSSR count). The van der Waals surface area contributed by atoms with E-state index in [2.05, 4.69) is 5.10 Å². The second-order valence-electron chi connectivity index (χ2n) is 6.75. The normalized spacial score (nSPS) is 11.7. The lowest BCUT2D eigenvalue weighted by Gasteiger charge is -2.15. The standard InChI is InChI=1S/C17H22N2O2/c1-11-6-8-13(9-7-11)19-16(21)15(12(2)18-19)14(20)10-17(3,4)5/h6-9,18H,10H2,1-5H3. The van der Waals surface area contributed by atoms with Gasteiger partial charge in [-0.2, -0.15) is 0 Å². The Morgan fingerprint density at radius 3 is 2.24 bits per heavy atom. The fourth-order valence-corrected chi connectivity index (χ4v) is 2.32. The number of aromatic nitrogens is 2. The first-order chi connectivity index (χ1) is 9.69. The summed E-state index contributed by atoms with van der Waals surface area (Å²) in [4.78, 5) is 24.9. The van der Waals surface area contributed by atoms with Gasteiger partial charge in [-0.3, -0.25) is 14.7 Å². The van der Waals surface area contributed by atoms with Crippen molar-refractivity contribution in [1.82, 2.24) is 9.78 Å². The third kappa shape index (κ3) is 3.32. The first-order valence-corrected chi connectivity index (χ1v) is 7.11. The van der Waals surface area contributed by atoms with Crippen molar-refractivity contribution in [2.75, 3.05) is 0 Å². The molecule has 2 aromatic rings. The van der Waals surface area contributed by atoms with E-state index in [1.807, 2.05) is 52.0 Å². The van der Waals surface area contributed by atoms with Gasteiger partial charge >= 0.3 is 0 Å². The summed E-state index contributed by atoms with van der Waals surface area (Å²) in [7, 11) is 0. The molecule has 1 heterocycles. The van der Waals surface area contributed by atoms with Crippen LogP contribution >= 0.6 is 0 Å². The number of H-pyrrole nitrogens is 1. The van der Waals surface area contributed by atoms with Crippen molar-refractivity contribution in [3.05, 3.63) is 51.4 Å². The maximum atomic E-state index is 12.5. The zero-order valence-electron chi connectivity index (χ0n) is 13.3. The summed E-state index contributed by atoms with van der Waals surface area (Å²) in [5.41, 5.74) is 2.34. The first kappa shape index (κ1) is 15.3. The van der Waals surface area contributed by atoms with Gasteiger partial charge in [0.15, 0.2) is 5.78 Å². The van der Waals surface area contributed by atoms with E-state index >= 15 is 0 Å². The predicted molar refractivity (Wildman–Crippen MR) is 84.3 cm³/mol. The number of benzene rings is 1. The Balaban J connectivity index is 2.45. The molecule has 1 aromatic carbocycles. The molecule has 1 N–H and O–H groups in total. The fourth-order valence-electron chi connectivity index (χ4n) is 2.32. The van der Waals surface area contributed by atoms with Crippen molar-refractivity contribution >= 4 is 5.78 Å². The molecule has 0 fully saturated rings. The van der Waals surface area contributed by atoms with Crippen LogP contribution in [0.1, 0.15) is 48.8 Å². The molecule has 0 aliphatic carbocycles. The highest BCUT2D eigenvalue weighted by Gasteiger charge is 2.24. The summed E-state index contributed by atoms with van der Waals surface area (Å²) in [5, 5.41) is 3.00. The SMILES string of the molecule is Cc1ccc(-n2[nH]c(C)c(C(=O)CC(C)(C)C)c2=O)cc1. The van der Waals surface area contributed by atoms with E-state index in [9.17, 15) is 9.59 Å². The van der Waals surface area contributed by atoms with E-state index < -0.39 is 0 Å². The molecule has 4 nitrogen and oxygen atoms in total. The molecular weight excluding hydrogens is 264 g/mol. The molecule has 0 spiro atoms. The molecule has 0 unspecified atom stereocenters. The van der Waals surface area contributed by atoms with E-state index in [0.29, 0.717) is 12.1 Å². The number of carbonyl (C=O) groups excluding carboxylic acids is 1. The van der Waals surface area contributed by atoms with E-state index in [1.165, 1.54) is 4.68 Å². The summed E-state index contributed by atoms with van der Waals surface area (Å²) >= 11 is 0. The summed E-state index contributed by atoms with van der Waals surface area (Å²) in [6.45, 7) is 9.73. The minimum Gasteiger partial charge on any atom is -0.295 e. The maximum absolute atomic E-state index is 12.5. The highest BCUT2D eigenvalue weighted by Crippen LogP contribution is 2.21. The van der Waals surface area contributed by atoms with Crippen LogP contribution in [-0.4, -0.2) is 15.6 Å². The van der Waals surface area contributed by atoms with Crippen molar-refractivity contribution in [3.63, 3.8) is 0 Å². The quantitative estimate of drug-likeness (QED) is 0.879. The van der Waals surface area contributed by atoms with E-state index in [4.69, 9.17) is 0 Å². The van der Waals surface area contributed by atoms with Crippen LogP contribution in [0.2, 0.25) is 0 Å². The number of aryl methyl sites for hydroxylation is 2. The number of Topliss-reactive ketones (excluding diaryl/α,β-unsaturated/α-hetero) is 1. The lowest BCUT2D eigenvalue weighted by molar-refractivity contribution is 0.0938. The van der Waals surface area contributed by atoms with Crippen molar-refractivity contribution in [3.8, 4) is 5.69 Å². The Hall–Kier alpha value is -2.10. The van der Waals surface area contributed by atoms with Gasteiger partial charge in [0.05, 0.1) is 5.69 Å². The van der Waals surface area contributed by atoms with Gasteiger partial charge in [0, 0.05) is 12.1 Å². The molecule has 0 atom stereocenters. The second kappa shape index (κ2) is 5.35. The highest BCUT2D eigenvalue weighted by molar-refractivity contribution is 5.97. The number of carbonyl (C=O) groups is 1. The summed E-state index contributed by atoms with van der Waals surface area (Å²) in [6, 6.07) is 7.61. The van der Waals surface area contributed by atoms with Crippen LogP contribution in [0, 0.1) is 19.3 Å². The maximum Gasteiger partial charge on any atom is 0.282 e. The van der Waals surface area contributed by atoms with E-state index in [0.717, 1.165) is 11.3 Å². The monoisotopic (exact) mass is 286 g/mol. The second-order valence-corrected chi connectivity index (χ2v) is 6.75. The fraction of sp³-hybridized carbons (Fsp3) is 0.412. The smallest absolute Gasteiger partial charge is 0.282 e. The average Bonchev–Trinajstić information content (AvgIpc) is 2.63. The molecule has 21 heavy (non-hydrogen) atoms. The third-order valence-corrected chi connectivity index (χ3v) is 3.33. The van der Waals surface area contributed by atoms with Gasteiger partial charge in [-0.05, 0) is 31.4 Å². The molecule has 0 aliphatic rings. The molecule has 0 bridgehead atoms. The average molecular weight is 286 g/mol. The van der Waals surface area contributed by atoms with Crippen LogP contribution in [-0.2, 0) is 0 Å². The summed E-state index contributed by atoms with van der Waals surface area (Å²) < 4.78 is 1.44. The van der Waals surface area contributed by atoms with Gasteiger partial charge < -0.3 is 0 Å². The van der Waals surface area contributed by atoms with Gasteiger partial charge in [0.25, 0.3) is 5.56 Å². The molecule has 0 saturated heterocycles. The molecule has 1 aromatic heterocycles. The Bertz CT molecular complexity index is 713. The lowest BCUT2D eigenvalue weighted by atomic mass is 9.88. The number of nitrogens with zero attached hydrogens (tertiary/aromatic N) is 1. The van der Waals surface area contributed by atoms with Crippen molar-refractivity contribution in [2.24, 2.45) is 5.41 Å².